The molecular formula is C8H16N2O2S2. The molecule has 0 aromatic carbocycles. The van der Waals surface area contributed by atoms with Crippen LogP contribution in [0.25, 0.3) is 0 Å². The normalized spacial score (nSPS) is 27.5. The minimum absolute atomic E-state index is 0.277. The molecule has 2 N–H and O–H groups in total. The zero-order valence-corrected chi connectivity index (χ0v) is 9.74. The van der Waals surface area contributed by atoms with Crippen molar-refractivity contribution >= 4 is 21.8 Å². The van der Waals surface area contributed by atoms with Crippen LogP contribution in [0.5, 0.6) is 0 Å². The molecule has 2 aliphatic rings. The number of thioether (sulfide) groups is 1. The summed E-state index contributed by atoms with van der Waals surface area (Å²) in [6.45, 7) is 1.60. The van der Waals surface area contributed by atoms with Crippen LogP contribution in [0, 0.1) is 0 Å². The Morgan fingerprint density at radius 1 is 1.29 bits per heavy atom. The minimum Gasteiger partial charge on any atom is -0.329 e. The number of hydrogen-bond donors (Lipinski definition) is 1. The van der Waals surface area contributed by atoms with E-state index in [0.717, 1.165) is 24.3 Å². The van der Waals surface area contributed by atoms with Gasteiger partial charge in [0.05, 0.1) is 4.75 Å². The fourth-order valence-electron chi connectivity index (χ4n) is 1.77. The van der Waals surface area contributed by atoms with Gasteiger partial charge in [-0.2, -0.15) is 16.1 Å². The van der Waals surface area contributed by atoms with Crippen molar-refractivity contribution in [2.75, 3.05) is 31.1 Å². The lowest BCUT2D eigenvalue weighted by Crippen LogP contribution is -2.47. The van der Waals surface area contributed by atoms with Gasteiger partial charge in [0.2, 0.25) is 10.0 Å². The zero-order valence-electron chi connectivity index (χ0n) is 8.11. The van der Waals surface area contributed by atoms with Crippen LogP contribution in [0.4, 0.5) is 0 Å². The van der Waals surface area contributed by atoms with Crippen LogP contribution < -0.4 is 5.73 Å². The lowest BCUT2D eigenvalue weighted by Gasteiger charge is -2.29. The summed E-state index contributed by atoms with van der Waals surface area (Å²) in [6.07, 6.45) is 1.49. The van der Waals surface area contributed by atoms with Gasteiger partial charge in [-0.15, -0.1) is 0 Å². The van der Waals surface area contributed by atoms with Crippen molar-refractivity contribution in [2.45, 2.75) is 17.6 Å². The molecule has 1 aliphatic carbocycles. The third-order valence-corrected chi connectivity index (χ3v) is 6.69. The van der Waals surface area contributed by atoms with Crippen molar-refractivity contribution in [3.8, 4) is 0 Å². The Hall–Kier alpha value is 0.220. The highest BCUT2D eigenvalue weighted by molar-refractivity contribution is 7.99. The molecule has 0 aromatic rings. The lowest BCUT2D eigenvalue weighted by atomic mass is 10.4. The van der Waals surface area contributed by atoms with Crippen LogP contribution in [0.3, 0.4) is 0 Å². The average molecular weight is 236 g/mol. The van der Waals surface area contributed by atoms with E-state index in [-0.39, 0.29) is 6.54 Å². The van der Waals surface area contributed by atoms with E-state index < -0.39 is 14.8 Å². The van der Waals surface area contributed by atoms with E-state index in [9.17, 15) is 8.42 Å². The van der Waals surface area contributed by atoms with Crippen molar-refractivity contribution in [3.63, 3.8) is 0 Å². The molecule has 2 rings (SSSR count). The molecule has 0 unspecified atom stereocenters. The van der Waals surface area contributed by atoms with Crippen molar-refractivity contribution in [2.24, 2.45) is 5.73 Å². The third-order valence-electron chi connectivity index (χ3n) is 3.04. The van der Waals surface area contributed by atoms with Gasteiger partial charge in [-0.3, -0.25) is 0 Å². The molecule has 4 nitrogen and oxygen atoms in total. The Kier molecular flexibility index (Phi) is 2.81. The van der Waals surface area contributed by atoms with E-state index in [1.54, 1.807) is 4.31 Å². The molecule has 14 heavy (non-hydrogen) atoms. The van der Waals surface area contributed by atoms with Gasteiger partial charge in [0.15, 0.2) is 0 Å². The first-order valence-corrected chi connectivity index (χ1v) is 7.49. The average Bonchev–Trinajstić information content (AvgIpc) is 3.00. The maximum atomic E-state index is 12.1. The van der Waals surface area contributed by atoms with Crippen molar-refractivity contribution < 1.29 is 8.42 Å². The molecule has 1 heterocycles. The van der Waals surface area contributed by atoms with Crippen LogP contribution in [0.15, 0.2) is 0 Å². The van der Waals surface area contributed by atoms with Crippen LogP contribution in [0.2, 0.25) is 0 Å². The molecule has 0 bridgehead atoms. The first kappa shape index (κ1) is 10.7. The van der Waals surface area contributed by atoms with Gasteiger partial charge in [0.1, 0.15) is 0 Å². The maximum Gasteiger partial charge on any atom is 0.221 e. The summed E-state index contributed by atoms with van der Waals surface area (Å²) in [4.78, 5) is 0. The first-order valence-electron chi connectivity index (χ1n) is 4.90. The second kappa shape index (κ2) is 3.66. The van der Waals surface area contributed by atoms with Crippen molar-refractivity contribution in [1.29, 1.82) is 0 Å². The van der Waals surface area contributed by atoms with E-state index >= 15 is 0 Å². The summed E-state index contributed by atoms with van der Waals surface area (Å²) in [7, 11) is -3.11. The lowest BCUT2D eigenvalue weighted by molar-refractivity contribution is 0.431. The number of nitrogens with two attached hydrogens (primary N) is 1. The third kappa shape index (κ3) is 1.58. The van der Waals surface area contributed by atoms with Crippen LogP contribution in [-0.2, 0) is 10.0 Å². The van der Waals surface area contributed by atoms with Crippen molar-refractivity contribution in [3.05, 3.63) is 0 Å². The Morgan fingerprint density at radius 3 is 2.29 bits per heavy atom. The SMILES string of the molecule is NCC1(S(=O)(=O)N2CCSCC2)CC1. The number of nitrogens with zero attached hydrogens (tertiary/aromatic N) is 1. The van der Waals surface area contributed by atoms with Gasteiger partial charge in [-0.1, -0.05) is 0 Å². The molecule has 0 radical (unpaired) electrons. The highest BCUT2D eigenvalue weighted by atomic mass is 32.2. The maximum absolute atomic E-state index is 12.1. The van der Waals surface area contributed by atoms with Gasteiger partial charge in [0, 0.05) is 31.1 Å². The Balaban J connectivity index is 2.15. The Labute approximate surface area is 89.3 Å². The standard InChI is InChI=1S/C8H16N2O2S2/c9-7-8(1-2-8)14(11,12)10-3-5-13-6-4-10/h1-7,9H2. The highest BCUT2D eigenvalue weighted by Crippen LogP contribution is 2.44. The quantitative estimate of drug-likeness (QED) is 0.740. The van der Waals surface area contributed by atoms with Gasteiger partial charge in [-0.05, 0) is 12.8 Å². The fraction of sp³-hybridized carbons (Fsp3) is 1.00. The number of rotatable bonds is 3. The van der Waals surface area contributed by atoms with Crippen LogP contribution in [-0.4, -0.2) is 48.6 Å². The van der Waals surface area contributed by atoms with Gasteiger partial charge in [-0.25, -0.2) is 8.42 Å². The topological polar surface area (TPSA) is 63.4 Å². The number of hydrogen-bond acceptors (Lipinski definition) is 4. The zero-order chi connectivity index (χ0) is 10.2. The Morgan fingerprint density at radius 2 is 1.86 bits per heavy atom. The predicted octanol–water partition coefficient (Wildman–Crippen LogP) is -0.144. The van der Waals surface area contributed by atoms with Crippen LogP contribution >= 0.6 is 11.8 Å². The van der Waals surface area contributed by atoms with E-state index in [4.69, 9.17) is 5.73 Å². The molecule has 0 amide bonds. The summed E-state index contributed by atoms with van der Waals surface area (Å²) in [5.41, 5.74) is 5.55. The molecule has 2 fully saturated rings. The summed E-state index contributed by atoms with van der Waals surface area (Å²) < 4.78 is 25.3. The Bertz CT molecular complexity index is 305. The summed E-state index contributed by atoms with van der Waals surface area (Å²) in [6, 6.07) is 0. The summed E-state index contributed by atoms with van der Waals surface area (Å²) in [5.74, 6) is 1.83. The van der Waals surface area contributed by atoms with Gasteiger partial charge < -0.3 is 5.73 Å². The molecule has 0 atom stereocenters. The highest BCUT2D eigenvalue weighted by Gasteiger charge is 2.55. The van der Waals surface area contributed by atoms with E-state index in [1.807, 2.05) is 11.8 Å². The van der Waals surface area contributed by atoms with Crippen molar-refractivity contribution in [1.82, 2.24) is 4.31 Å². The molecule has 0 aromatic heterocycles. The van der Waals surface area contributed by atoms with Gasteiger partial charge in [0.25, 0.3) is 0 Å². The fourth-order valence-corrected chi connectivity index (χ4v) is 4.94. The molecule has 6 heteroatoms. The molecule has 1 saturated heterocycles. The second-order valence-electron chi connectivity index (χ2n) is 3.90. The summed E-state index contributed by atoms with van der Waals surface area (Å²) in [5, 5.41) is 0. The van der Waals surface area contributed by atoms with Crippen LogP contribution in [0.1, 0.15) is 12.8 Å². The minimum atomic E-state index is -3.11. The molecule has 0 spiro atoms. The van der Waals surface area contributed by atoms with E-state index in [0.29, 0.717) is 13.1 Å². The monoisotopic (exact) mass is 236 g/mol. The second-order valence-corrected chi connectivity index (χ2v) is 7.46. The van der Waals surface area contributed by atoms with Gasteiger partial charge >= 0.3 is 0 Å². The first-order chi connectivity index (χ1) is 6.62. The number of sulfonamides is 1. The molecule has 1 aliphatic heterocycles. The molecule has 82 valence electrons. The van der Waals surface area contributed by atoms with E-state index in [1.165, 1.54) is 0 Å². The molecule has 1 saturated carbocycles. The molecular weight excluding hydrogens is 220 g/mol. The van der Waals surface area contributed by atoms with E-state index in [2.05, 4.69) is 0 Å². The predicted molar refractivity (Wildman–Crippen MR) is 58.8 cm³/mol. The largest absolute Gasteiger partial charge is 0.329 e. The summed E-state index contributed by atoms with van der Waals surface area (Å²) >= 11 is 1.82. The smallest absolute Gasteiger partial charge is 0.221 e.